The molecule has 4 saturated carbocycles. The van der Waals surface area contributed by atoms with E-state index in [2.05, 4.69) is 6.92 Å². The number of aliphatic carboxylic acids is 1. The van der Waals surface area contributed by atoms with E-state index in [1.54, 1.807) is 0 Å². The first kappa shape index (κ1) is 19.4. The monoisotopic (exact) mass is 390 g/mol. The van der Waals surface area contributed by atoms with Crippen LogP contribution >= 0.6 is 0 Å². The van der Waals surface area contributed by atoms with Crippen molar-refractivity contribution in [1.29, 1.82) is 0 Å². The molecule has 5 rings (SSSR count). The zero-order chi connectivity index (χ0) is 19.7. The van der Waals surface area contributed by atoms with Crippen molar-refractivity contribution in [3.63, 3.8) is 0 Å². The fraction of sp³-hybridized carbons (Fsp3) is 0.958. The van der Waals surface area contributed by atoms with E-state index in [0.29, 0.717) is 24.5 Å². The first-order valence-electron chi connectivity index (χ1n) is 11.8. The van der Waals surface area contributed by atoms with E-state index in [1.807, 2.05) is 6.92 Å². The third-order valence-corrected chi connectivity index (χ3v) is 10.3. The van der Waals surface area contributed by atoms with Crippen molar-refractivity contribution < 1.29 is 19.7 Å². The van der Waals surface area contributed by atoms with Crippen molar-refractivity contribution in [2.24, 2.45) is 46.3 Å². The number of aliphatic hydroxyl groups is 1. The number of hydrogen-bond donors (Lipinski definition) is 2. The van der Waals surface area contributed by atoms with Crippen molar-refractivity contribution in [2.75, 3.05) is 13.2 Å². The first-order chi connectivity index (χ1) is 13.2. The second-order valence-corrected chi connectivity index (χ2v) is 11.8. The molecule has 0 spiro atoms. The van der Waals surface area contributed by atoms with Gasteiger partial charge in [-0.2, -0.15) is 0 Å². The molecule has 0 radical (unpaired) electrons. The minimum atomic E-state index is -0.654. The lowest BCUT2D eigenvalue weighted by Crippen LogP contribution is -2.56. The molecule has 1 aliphatic heterocycles. The summed E-state index contributed by atoms with van der Waals surface area (Å²) in [5.41, 5.74) is -0.251. The highest BCUT2D eigenvalue weighted by atomic mass is 16.5. The Balaban J connectivity index is 1.37. The van der Waals surface area contributed by atoms with Crippen molar-refractivity contribution in [3.05, 3.63) is 0 Å². The second-order valence-electron chi connectivity index (χ2n) is 11.8. The van der Waals surface area contributed by atoms with E-state index >= 15 is 0 Å². The van der Waals surface area contributed by atoms with Gasteiger partial charge in [0.25, 0.3) is 0 Å². The van der Waals surface area contributed by atoms with Gasteiger partial charge in [0.2, 0.25) is 0 Å². The SMILES string of the molecule is C[C@@]1(O)CC[C@H]2[C@H](CC[C@@H]3[C@@H]2CC[C@]2(C)[C@@H](C4(CC(=O)O)COC4)CC[C@@H]32)C1. The molecule has 28 heavy (non-hydrogen) atoms. The molecule has 4 aliphatic carbocycles. The van der Waals surface area contributed by atoms with Crippen LogP contribution in [0.3, 0.4) is 0 Å². The standard InChI is InChI=1S/C24H38O4/c1-22(27)9-7-16-15(11-22)3-4-18-17(16)8-10-23(2)19(18)5-6-20(23)24(12-21(25)26)13-28-14-24/h15-20,27H,3-14H2,1-2H3,(H,25,26)/t15-,16+,17-,18-,19+,20+,22-,23+/m1/s1. The lowest BCUT2D eigenvalue weighted by molar-refractivity contribution is -0.194. The number of carbonyl (C=O) groups is 1. The molecule has 1 heterocycles. The zero-order valence-corrected chi connectivity index (χ0v) is 17.7. The van der Waals surface area contributed by atoms with Crippen LogP contribution in [-0.2, 0) is 9.53 Å². The zero-order valence-electron chi connectivity index (χ0n) is 17.7. The van der Waals surface area contributed by atoms with E-state index in [9.17, 15) is 15.0 Å². The average Bonchev–Trinajstić information content (AvgIpc) is 2.94. The lowest BCUT2D eigenvalue weighted by atomic mass is 9.47. The number of ether oxygens (including phenoxy) is 1. The fourth-order valence-corrected chi connectivity index (χ4v) is 9.18. The predicted molar refractivity (Wildman–Crippen MR) is 107 cm³/mol. The largest absolute Gasteiger partial charge is 0.481 e. The summed E-state index contributed by atoms with van der Waals surface area (Å²) < 4.78 is 5.59. The van der Waals surface area contributed by atoms with Gasteiger partial charge in [0.05, 0.1) is 25.2 Å². The normalized spacial score (nSPS) is 52.1. The molecule has 0 aromatic carbocycles. The number of rotatable bonds is 3. The van der Waals surface area contributed by atoms with Crippen LogP contribution in [0.25, 0.3) is 0 Å². The van der Waals surface area contributed by atoms with E-state index in [1.165, 1.54) is 44.9 Å². The van der Waals surface area contributed by atoms with Gasteiger partial charge in [-0.3, -0.25) is 4.79 Å². The quantitative estimate of drug-likeness (QED) is 0.745. The van der Waals surface area contributed by atoms with Crippen LogP contribution in [0.5, 0.6) is 0 Å². The summed E-state index contributed by atoms with van der Waals surface area (Å²) in [6.45, 7) is 5.85. The average molecular weight is 391 g/mol. The summed E-state index contributed by atoms with van der Waals surface area (Å²) in [5, 5.41) is 20.1. The fourth-order valence-electron chi connectivity index (χ4n) is 9.18. The van der Waals surface area contributed by atoms with Crippen LogP contribution in [0, 0.1) is 46.3 Å². The van der Waals surface area contributed by atoms with Gasteiger partial charge in [0, 0.05) is 5.41 Å². The molecule has 8 atom stereocenters. The Morgan fingerprint density at radius 2 is 1.71 bits per heavy atom. The summed E-state index contributed by atoms with van der Waals surface area (Å²) >= 11 is 0. The highest BCUT2D eigenvalue weighted by molar-refractivity contribution is 5.68. The summed E-state index contributed by atoms with van der Waals surface area (Å²) in [6.07, 6.45) is 11.2. The molecule has 0 bridgehead atoms. The summed E-state index contributed by atoms with van der Waals surface area (Å²) in [6, 6.07) is 0. The van der Waals surface area contributed by atoms with Gasteiger partial charge in [0.15, 0.2) is 0 Å². The van der Waals surface area contributed by atoms with Gasteiger partial charge in [0.1, 0.15) is 0 Å². The molecule has 158 valence electrons. The summed E-state index contributed by atoms with van der Waals surface area (Å²) in [5.74, 6) is 3.86. The third kappa shape index (κ3) is 2.80. The van der Waals surface area contributed by atoms with Crippen LogP contribution in [0.2, 0.25) is 0 Å². The predicted octanol–water partition coefficient (Wildman–Crippen LogP) is 4.50. The van der Waals surface area contributed by atoms with E-state index < -0.39 is 11.6 Å². The molecule has 4 heteroatoms. The van der Waals surface area contributed by atoms with Gasteiger partial charge in [-0.05, 0) is 106 Å². The van der Waals surface area contributed by atoms with Gasteiger partial charge < -0.3 is 14.9 Å². The van der Waals surface area contributed by atoms with Crippen LogP contribution in [-0.4, -0.2) is 35.0 Å². The van der Waals surface area contributed by atoms with Gasteiger partial charge in [-0.15, -0.1) is 0 Å². The van der Waals surface area contributed by atoms with Gasteiger partial charge in [-0.1, -0.05) is 6.92 Å². The molecule has 0 unspecified atom stereocenters. The maximum atomic E-state index is 11.6. The highest BCUT2D eigenvalue weighted by Gasteiger charge is 2.63. The Kier molecular flexibility index (Phi) is 4.45. The van der Waals surface area contributed by atoms with Crippen LogP contribution < -0.4 is 0 Å². The lowest BCUT2D eigenvalue weighted by Gasteiger charge is -2.59. The molecular weight excluding hydrogens is 352 g/mol. The maximum absolute atomic E-state index is 11.6. The van der Waals surface area contributed by atoms with Crippen molar-refractivity contribution >= 4 is 5.97 Å². The molecular formula is C24H38O4. The minimum absolute atomic E-state index is 0.108. The molecule has 0 amide bonds. The van der Waals surface area contributed by atoms with Crippen molar-refractivity contribution in [2.45, 2.75) is 83.7 Å². The Hall–Kier alpha value is -0.610. The molecule has 4 nitrogen and oxygen atoms in total. The Bertz CT molecular complexity index is 639. The van der Waals surface area contributed by atoms with Crippen LogP contribution in [0.4, 0.5) is 0 Å². The summed E-state index contributed by atoms with van der Waals surface area (Å²) in [7, 11) is 0. The molecule has 1 saturated heterocycles. The van der Waals surface area contributed by atoms with Crippen LogP contribution in [0.1, 0.15) is 78.1 Å². The number of hydrogen-bond acceptors (Lipinski definition) is 3. The second kappa shape index (κ2) is 6.44. The van der Waals surface area contributed by atoms with Crippen molar-refractivity contribution in [1.82, 2.24) is 0 Å². The van der Waals surface area contributed by atoms with E-state index in [4.69, 9.17) is 4.74 Å². The Morgan fingerprint density at radius 3 is 2.39 bits per heavy atom. The Labute approximate surface area is 169 Å². The molecule has 5 aliphatic rings. The topological polar surface area (TPSA) is 66.8 Å². The third-order valence-electron chi connectivity index (χ3n) is 10.3. The van der Waals surface area contributed by atoms with Gasteiger partial charge >= 0.3 is 5.97 Å². The van der Waals surface area contributed by atoms with Gasteiger partial charge in [-0.25, -0.2) is 0 Å². The molecule has 5 fully saturated rings. The molecule has 0 aromatic heterocycles. The van der Waals surface area contributed by atoms with Crippen LogP contribution in [0.15, 0.2) is 0 Å². The number of fused-ring (bicyclic) bond motifs is 5. The molecule has 2 N–H and O–H groups in total. The summed E-state index contributed by atoms with van der Waals surface area (Å²) in [4.78, 5) is 11.6. The Morgan fingerprint density at radius 1 is 0.964 bits per heavy atom. The first-order valence-corrected chi connectivity index (χ1v) is 11.8. The number of carboxylic acid groups (broad SMARTS) is 1. The molecule has 0 aromatic rings. The van der Waals surface area contributed by atoms with E-state index in [-0.39, 0.29) is 11.8 Å². The van der Waals surface area contributed by atoms with Crippen molar-refractivity contribution in [3.8, 4) is 0 Å². The van der Waals surface area contributed by atoms with E-state index in [0.717, 1.165) is 42.4 Å². The maximum Gasteiger partial charge on any atom is 0.304 e. The number of carboxylic acids is 1. The minimum Gasteiger partial charge on any atom is -0.481 e. The highest BCUT2D eigenvalue weighted by Crippen LogP contribution is 2.68. The smallest absolute Gasteiger partial charge is 0.304 e.